The third-order valence-corrected chi connectivity index (χ3v) is 4.16. The molecule has 126 valence electrons. The van der Waals surface area contributed by atoms with Gasteiger partial charge in [-0.2, -0.15) is 0 Å². The van der Waals surface area contributed by atoms with Gasteiger partial charge in [-0.25, -0.2) is 4.98 Å². The van der Waals surface area contributed by atoms with Crippen molar-refractivity contribution in [3.8, 4) is 11.5 Å². The Kier molecular flexibility index (Phi) is 6.04. The Bertz CT molecular complexity index is 637. The van der Waals surface area contributed by atoms with Gasteiger partial charge in [0.1, 0.15) is 17.3 Å². The van der Waals surface area contributed by atoms with Crippen molar-refractivity contribution in [1.82, 2.24) is 14.5 Å². The normalized spacial score (nSPS) is 11.0. The van der Waals surface area contributed by atoms with Crippen LogP contribution in [0, 0.1) is 6.92 Å². The molecule has 2 aromatic rings. The third-order valence-electron chi connectivity index (χ3n) is 4.16. The van der Waals surface area contributed by atoms with E-state index in [-0.39, 0.29) is 0 Å². The van der Waals surface area contributed by atoms with Gasteiger partial charge in [0.05, 0.1) is 14.2 Å². The minimum atomic E-state index is 0.856. The zero-order valence-corrected chi connectivity index (χ0v) is 14.8. The lowest BCUT2D eigenvalue weighted by atomic mass is 10.1. The number of rotatable bonds is 8. The van der Waals surface area contributed by atoms with Crippen molar-refractivity contribution in [2.75, 3.05) is 27.8 Å². The molecular weight excluding hydrogens is 290 g/mol. The largest absolute Gasteiger partial charge is 0.496 e. The van der Waals surface area contributed by atoms with E-state index in [4.69, 9.17) is 9.47 Å². The van der Waals surface area contributed by atoms with E-state index in [9.17, 15) is 0 Å². The highest BCUT2D eigenvalue weighted by Crippen LogP contribution is 2.31. The van der Waals surface area contributed by atoms with Crippen LogP contribution in [0.25, 0.3) is 0 Å². The average molecular weight is 317 g/mol. The molecule has 0 aliphatic rings. The molecule has 0 amide bonds. The van der Waals surface area contributed by atoms with Gasteiger partial charge in [-0.3, -0.25) is 0 Å². The fourth-order valence-corrected chi connectivity index (χ4v) is 2.87. The second-order valence-corrected chi connectivity index (χ2v) is 5.88. The van der Waals surface area contributed by atoms with Crippen LogP contribution in [0.4, 0.5) is 0 Å². The van der Waals surface area contributed by atoms with Crippen molar-refractivity contribution in [2.45, 2.75) is 26.3 Å². The first-order valence-electron chi connectivity index (χ1n) is 7.92. The Balaban J connectivity index is 1.93. The molecule has 0 aliphatic carbocycles. The average Bonchev–Trinajstić information content (AvgIpc) is 2.93. The van der Waals surface area contributed by atoms with E-state index in [0.717, 1.165) is 48.8 Å². The molecular formula is C18H27N3O2. The number of aryl methyl sites for hydroxylation is 2. The van der Waals surface area contributed by atoms with E-state index in [1.54, 1.807) is 14.2 Å². The molecule has 23 heavy (non-hydrogen) atoms. The zero-order valence-electron chi connectivity index (χ0n) is 14.8. The summed E-state index contributed by atoms with van der Waals surface area (Å²) in [5, 5.41) is 0. The van der Waals surface area contributed by atoms with Crippen LogP contribution in [0.3, 0.4) is 0 Å². The van der Waals surface area contributed by atoms with Gasteiger partial charge in [0.15, 0.2) is 0 Å². The van der Waals surface area contributed by atoms with Crippen LogP contribution in [-0.4, -0.2) is 42.3 Å². The maximum Gasteiger partial charge on any atom is 0.129 e. The minimum absolute atomic E-state index is 0.856. The second kappa shape index (κ2) is 8.02. The maximum atomic E-state index is 5.58. The molecule has 5 nitrogen and oxygen atoms in total. The molecule has 0 radical (unpaired) electrons. The van der Waals surface area contributed by atoms with Crippen molar-refractivity contribution in [3.05, 3.63) is 41.5 Å². The molecule has 0 bridgehead atoms. The molecule has 0 spiro atoms. The first-order chi connectivity index (χ1) is 11.1. The van der Waals surface area contributed by atoms with Crippen LogP contribution in [0.15, 0.2) is 24.5 Å². The van der Waals surface area contributed by atoms with Crippen molar-refractivity contribution in [1.29, 1.82) is 0 Å². The Hall–Kier alpha value is -2.01. The van der Waals surface area contributed by atoms with Crippen LogP contribution in [-0.2, 0) is 20.0 Å². The van der Waals surface area contributed by atoms with Crippen molar-refractivity contribution in [3.63, 3.8) is 0 Å². The van der Waals surface area contributed by atoms with Crippen LogP contribution < -0.4 is 9.47 Å². The number of hydrogen-bond donors (Lipinski definition) is 0. The molecule has 0 saturated heterocycles. The molecule has 0 unspecified atom stereocenters. The standard InChI is InChI=1S/C18H27N3O2/c1-14-16(22-4)9-8-15(18(14)23-5)13-20(2)11-6-7-17-19-10-12-21(17)3/h8-10,12H,6-7,11,13H2,1-5H3. The summed E-state index contributed by atoms with van der Waals surface area (Å²) in [5.74, 6) is 2.92. The van der Waals surface area contributed by atoms with E-state index in [1.807, 2.05) is 32.4 Å². The molecule has 0 saturated carbocycles. The fraction of sp³-hybridized carbons (Fsp3) is 0.500. The van der Waals surface area contributed by atoms with Crippen molar-refractivity contribution >= 4 is 0 Å². The summed E-state index contributed by atoms with van der Waals surface area (Å²) in [7, 11) is 7.58. The lowest BCUT2D eigenvalue weighted by molar-refractivity contribution is 0.310. The molecule has 5 heteroatoms. The first-order valence-corrected chi connectivity index (χ1v) is 7.92. The Labute approximate surface area is 138 Å². The number of benzene rings is 1. The Morgan fingerprint density at radius 1 is 1.22 bits per heavy atom. The summed E-state index contributed by atoms with van der Waals surface area (Å²) in [4.78, 5) is 6.68. The molecule has 1 aromatic heterocycles. The van der Waals surface area contributed by atoms with Gasteiger partial charge < -0.3 is 18.9 Å². The highest BCUT2D eigenvalue weighted by Gasteiger charge is 2.12. The summed E-state index contributed by atoms with van der Waals surface area (Å²) in [6.45, 7) is 3.90. The fourth-order valence-electron chi connectivity index (χ4n) is 2.87. The quantitative estimate of drug-likeness (QED) is 0.750. The SMILES string of the molecule is COc1ccc(CN(C)CCCc2nccn2C)c(OC)c1C. The van der Waals surface area contributed by atoms with Gasteiger partial charge in [-0.15, -0.1) is 0 Å². The lowest BCUT2D eigenvalue weighted by Gasteiger charge is -2.20. The molecule has 0 aliphatic heterocycles. The summed E-state index contributed by atoms with van der Waals surface area (Å²) in [6, 6.07) is 4.09. The molecule has 1 aromatic carbocycles. The Morgan fingerprint density at radius 2 is 2.00 bits per heavy atom. The van der Waals surface area contributed by atoms with E-state index in [0.29, 0.717) is 0 Å². The molecule has 0 atom stereocenters. The summed E-state index contributed by atoms with van der Waals surface area (Å²) < 4.78 is 13.0. The monoisotopic (exact) mass is 317 g/mol. The Morgan fingerprint density at radius 3 is 2.61 bits per heavy atom. The number of hydrogen-bond acceptors (Lipinski definition) is 4. The highest BCUT2D eigenvalue weighted by atomic mass is 16.5. The van der Waals surface area contributed by atoms with Gasteiger partial charge in [0.2, 0.25) is 0 Å². The van der Waals surface area contributed by atoms with Gasteiger partial charge in [-0.1, -0.05) is 6.07 Å². The van der Waals surface area contributed by atoms with E-state index in [1.165, 1.54) is 5.56 Å². The lowest BCUT2D eigenvalue weighted by Crippen LogP contribution is -2.20. The number of aromatic nitrogens is 2. The maximum absolute atomic E-state index is 5.58. The molecule has 0 N–H and O–H groups in total. The highest BCUT2D eigenvalue weighted by molar-refractivity contribution is 5.49. The summed E-state index contributed by atoms with van der Waals surface area (Å²) in [6.07, 6.45) is 5.92. The van der Waals surface area contributed by atoms with Crippen LogP contribution >= 0.6 is 0 Å². The molecule has 1 heterocycles. The first kappa shape index (κ1) is 17.3. The van der Waals surface area contributed by atoms with Crippen LogP contribution in [0.5, 0.6) is 11.5 Å². The van der Waals surface area contributed by atoms with E-state index < -0.39 is 0 Å². The predicted molar refractivity (Wildman–Crippen MR) is 92.1 cm³/mol. The molecule has 0 fully saturated rings. The van der Waals surface area contributed by atoms with E-state index >= 15 is 0 Å². The van der Waals surface area contributed by atoms with Gasteiger partial charge in [0, 0.05) is 43.5 Å². The third kappa shape index (κ3) is 4.26. The van der Waals surface area contributed by atoms with E-state index in [2.05, 4.69) is 27.6 Å². The number of imidazole rings is 1. The number of nitrogens with zero attached hydrogens (tertiary/aromatic N) is 3. The van der Waals surface area contributed by atoms with Gasteiger partial charge in [0.25, 0.3) is 0 Å². The van der Waals surface area contributed by atoms with Gasteiger partial charge in [-0.05, 0) is 33.0 Å². The van der Waals surface area contributed by atoms with Crippen LogP contribution in [0.2, 0.25) is 0 Å². The second-order valence-electron chi connectivity index (χ2n) is 5.88. The smallest absolute Gasteiger partial charge is 0.129 e. The van der Waals surface area contributed by atoms with Crippen LogP contribution in [0.1, 0.15) is 23.4 Å². The topological polar surface area (TPSA) is 39.5 Å². The molecule has 2 rings (SSSR count). The predicted octanol–water partition coefficient (Wildman–Crippen LogP) is 2.81. The summed E-state index contributed by atoms with van der Waals surface area (Å²) in [5.41, 5.74) is 2.24. The van der Waals surface area contributed by atoms with Gasteiger partial charge >= 0.3 is 0 Å². The zero-order chi connectivity index (χ0) is 16.8. The number of ether oxygens (including phenoxy) is 2. The minimum Gasteiger partial charge on any atom is -0.496 e. The van der Waals surface area contributed by atoms with Crippen molar-refractivity contribution < 1.29 is 9.47 Å². The number of methoxy groups -OCH3 is 2. The van der Waals surface area contributed by atoms with Crippen molar-refractivity contribution in [2.24, 2.45) is 7.05 Å². The summed E-state index contributed by atoms with van der Waals surface area (Å²) >= 11 is 0.